The van der Waals surface area contributed by atoms with Crippen molar-refractivity contribution in [2.24, 2.45) is 0 Å². The number of hydrogen-bond acceptors (Lipinski definition) is 5. The van der Waals surface area contributed by atoms with Crippen LogP contribution in [0.15, 0.2) is 0 Å². The molecule has 0 aromatic carbocycles. The lowest BCUT2D eigenvalue weighted by molar-refractivity contribution is 0.0851. The molecular weight excluding hydrogens is 252 g/mol. The third kappa shape index (κ3) is 3.51. The summed E-state index contributed by atoms with van der Waals surface area (Å²) < 4.78 is 5.00. The fourth-order valence-electron chi connectivity index (χ4n) is 1.42. The third-order valence-corrected chi connectivity index (χ3v) is 3.99. The highest BCUT2D eigenvalue weighted by atomic mass is 32.1. The molecule has 0 spiro atoms. The van der Waals surface area contributed by atoms with Crippen molar-refractivity contribution in [3.63, 3.8) is 0 Å². The van der Waals surface area contributed by atoms with E-state index in [0.29, 0.717) is 23.6 Å². The molecule has 0 aliphatic rings. The number of carbonyl (C=O) groups excluding carboxylic acids is 1. The molecule has 0 fully saturated rings. The van der Waals surface area contributed by atoms with Crippen molar-refractivity contribution in [3.05, 3.63) is 15.6 Å². The lowest BCUT2D eigenvalue weighted by Gasteiger charge is -2.26. The maximum absolute atomic E-state index is 12.1. The normalized spacial score (nSPS) is 14.3. The van der Waals surface area contributed by atoms with E-state index in [0.717, 1.165) is 5.01 Å². The van der Waals surface area contributed by atoms with Crippen LogP contribution < -0.4 is 5.32 Å². The quantitative estimate of drug-likeness (QED) is 0.823. The molecule has 2 N–H and O–H groups in total. The Hall–Kier alpha value is -0.980. The first-order valence-electron chi connectivity index (χ1n) is 5.84. The molecule has 1 amide bonds. The van der Waals surface area contributed by atoms with Gasteiger partial charge in [0.05, 0.1) is 24.4 Å². The Morgan fingerprint density at radius 1 is 1.61 bits per heavy atom. The van der Waals surface area contributed by atoms with Crippen LogP contribution in [0.25, 0.3) is 0 Å². The Kier molecular flexibility index (Phi) is 5.25. The smallest absolute Gasteiger partial charge is 0.263 e. The van der Waals surface area contributed by atoms with Crippen molar-refractivity contribution in [1.29, 1.82) is 0 Å². The summed E-state index contributed by atoms with van der Waals surface area (Å²) in [5.74, 6) is -0.189. The first-order chi connectivity index (χ1) is 8.45. The van der Waals surface area contributed by atoms with Gasteiger partial charge >= 0.3 is 0 Å². The summed E-state index contributed by atoms with van der Waals surface area (Å²) in [5.41, 5.74) is 0.107. The number of thiazole rings is 1. The number of ether oxygens (including phenoxy) is 1. The molecule has 1 aromatic heterocycles. The number of amides is 1. The number of aromatic nitrogens is 1. The molecule has 0 saturated heterocycles. The number of methoxy groups -OCH3 is 1. The van der Waals surface area contributed by atoms with Crippen LogP contribution in [0, 0.1) is 6.92 Å². The molecule has 0 saturated carbocycles. The van der Waals surface area contributed by atoms with Crippen LogP contribution in [0.5, 0.6) is 0 Å². The molecule has 1 rings (SSSR count). The third-order valence-electron chi connectivity index (χ3n) is 2.86. The molecule has 0 aliphatic heterocycles. The van der Waals surface area contributed by atoms with Crippen LogP contribution in [0.1, 0.15) is 40.6 Å². The minimum atomic E-state index is -0.588. The van der Waals surface area contributed by atoms with Crippen LogP contribution >= 0.6 is 11.3 Å². The van der Waals surface area contributed by atoms with Crippen LogP contribution in [0.3, 0.4) is 0 Å². The number of aryl methyl sites for hydroxylation is 1. The molecule has 1 atom stereocenters. The van der Waals surface area contributed by atoms with Crippen molar-refractivity contribution >= 4 is 17.2 Å². The predicted molar refractivity (Wildman–Crippen MR) is 70.8 cm³/mol. The first kappa shape index (κ1) is 15.1. The predicted octanol–water partition coefficient (Wildman–Crippen LogP) is 1.49. The van der Waals surface area contributed by atoms with E-state index in [2.05, 4.69) is 10.3 Å². The first-order valence-corrected chi connectivity index (χ1v) is 6.66. The van der Waals surface area contributed by atoms with Gasteiger partial charge in [0.25, 0.3) is 5.91 Å². The van der Waals surface area contributed by atoms with Gasteiger partial charge in [-0.3, -0.25) is 4.79 Å². The van der Waals surface area contributed by atoms with Gasteiger partial charge < -0.3 is 15.2 Å². The molecule has 5 nitrogen and oxygen atoms in total. The Bertz CT molecular complexity index is 413. The summed E-state index contributed by atoms with van der Waals surface area (Å²) in [6, 6.07) is 0. The van der Waals surface area contributed by atoms with Gasteiger partial charge in [-0.05, 0) is 20.3 Å². The van der Waals surface area contributed by atoms with Crippen molar-refractivity contribution in [2.45, 2.75) is 39.3 Å². The highest BCUT2D eigenvalue weighted by Crippen LogP contribution is 2.20. The average molecular weight is 272 g/mol. The zero-order valence-electron chi connectivity index (χ0n) is 11.2. The molecule has 0 unspecified atom stereocenters. The van der Waals surface area contributed by atoms with Crippen LogP contribution in [-0.4, -0.2) is 35.3 Å². The molecule has 0 bridgehead atoms. The van der Waals surface area contributed by atoms with E-state index in [4.69, 9.17) is 4.74 Å². The van der Waals surface area contributed by atoms with E-state index in [1.807, 2.05) is 13.8 Å². The fraction of sp³-hybridized carbons (Fsp3) is 0.667. The second-order valence-electron chi connectivity index (χ2n) is 4.48. The zero-order valence-corrected chi connectivity index (χ0v) is 12.1. The van der Waals surface area contributed by atoms with Crippen LogP contribution in [-0.2, 0) is 11.3 Å². The Morgan fingerprint density at radius 2 is 2.28 bits per heavy atom. The van der Waals surface area contributed by atoms with Gasteiger partial charge in [0.1, 0.15) is 9.88 Å². The minimum Gasteiger partial charge on any atom is -0.394 e. The minimum absolute atomic E-state index is 0.0853. The van der Waals surface area contributed by atoms with Gasteiger partial charge in [-0.15, -0.1) is 11.3 Å². The summed E-state index contributed by atoms with van der Waals surface area (Å²) in [4.78, 5) is 17.0. The lowest BCUT2D eigenvalue weighted by Crippen LogP contribution is -2.48. The van der Waals surface area contributed by atoms with Gasteiger partial charge in [0.15, 0.2) is 0 Å². The molecule has 0 aliphatic carbocycles. The summed E-state index contributed by atoms with van der Waals surface area (Å²) >= 11 is 1.32. The van der Waals surface area contributed by atoms with Crippen molar-refractivity contribution in [2.75, 3.05) is 13.7 Å². The van der Waals surface area contributed by atoms with Gasteiger partial charge in [0, 0.05) is 7.11 Å². The number of aliphatic hydroxyl groups excluding tert-OH is 1. The molecule has 18 heavy (non-hydrogen) atoms. The topological polar surface area (TPSA) is 71.5 Å². The maximum Gasteiger partial charge on any atom is 0.263 e. The number of nitrogens with zero attached hydrogens (tertiary/aromatic N) is 1. The molecule has 6 heteroatoms. The lowest BCUT2D eigenvalue weighted by atomic mass is 10.0. The van der Waals surface area contributed by atoms with E-state index >= 15 is 0 Å². The fourth-order valence-corrected chi connectivity index (χ4v) is 2.35. The van der Waals surface area contributed by atoms with E-state index in [-0.39, 0.29) is 12.5 Å². The number of nitrogens with one attached hydrogen (secondary N) is 1. The van der Waals surface area contributed by atoms with Crippen LogP contribution in [0.4, 0.5) is 0 Å². The molecule has 1 heterocycles. The van der Waals surface area contributed by atoms with E-state index < -0.39 is 5.54 Å². The molecule has 102 valence electrons. The highest BCUT2D eigenvalue weighted by molar-refractivity contribution is 7.13. The second-order valence-corrected chi connectivity index (χ2v) is 5.57. The maximum atomic E-state index is 12.1. The van der Waals surface area contributed by atoms with Gasteiger partial charge in [0.2, 0.25) is 0 Å². The highest BCUT2D eigenvalue weighted by Gasteiger charge is 2.26. The van der Waals surface area contributed by atoms with E-state index in [9.17, 15) is 9.90 Å². The van der Waals surface area contributed by atoms with Crippen molar-refractivity contribution in [1.82, 2.24) is 10.3 Å². The Morgan fingerprint density at radius 3 is 2.78 bits per heavy atom. The summed E-state index contributed by atoms with van der Waals surface area (Å²) in [6.07, 6.45) is 0.665. The SMILES string of the molecule is CC[C@](C)(CO)NC(=O)c1sc(COC)nc1C. The van der Waals surface area contributed by atoms with Gasteiger partial charge in [-0.25, -0.2) is 4.98 Å². The van der Waals surface area contributed by atoms with Crippen molar-refractivity contribution in [3.8, 4) is 0 Å². The Labute approximate surface area is 111 Å². The number of carbonyl (C=O) groups is 1. The number of aliphatic hydroxyl groups is 1. The van der Waals surface area contributed by atoms with E-state index in [1.54, 1.807) is 14.0 Å². The Balaban J connectivity index is 2.84. The molecule has 0 radical (unpaired) electrons. The monoisotopic (exact) mass is 272 g/mol. The summed E-state index contributed by atoms with van der Waals surface area (Å²) in [7, 11) is 1.59. The van der Waals surface area contributed by atoms with Gasteiger partial charge in [-0.1, -0.05) is 6.92 Å². The number of hydrogen-bond donors (Lipinski definition) is 2. The largest absolute Gasteiger partial charge is 0.394 e. The van der Waals surface area contributed by atoms with E-state index in [1.165, 1.54) is 11.3 Å². The van der Waals surface area contributed by atoms with Crippen molar-refractivity contribution < 1.29 is 14.6 Å². The molecule has 1 aromatic rings. The summed E-state index contributed by atoms with van der Waals surface area (Å²) in [6.45, 7) is 5.86. The average Bonchev–Trinajstić information content (AvgIpc) is 2.70. The molecular formula is C12H20N2O3S. The van der Waals surface area contributed by atoms with Gasteiger partial charge in [-0.2, -0.15) is 0 Å². The van der Waals surface area contributed by atoms with Crippen LogP contribution in [0.2, 0.25) is 0 Å². The number of rotatable bonds is 6. The summed E-state index contributed by atoms with van der Waals surface area (Å²) in [5, 5.41) is 12.9. The second kappa shape index (κ2) is 6.26. The zero-order chi connectivity index (χ0) is 13.8. The standard InChI is InChI=1S/C12H20N2O3S/c1-5-12(3,7-15)14-11(16)10-8(2)13-9(18-10)6-17-4/h15H,5-7H2,1-4H3,(H,14,16)/t12-/m1/s1.